The van der Waals surface area contributed by atoms with Crippen molar-refractivity contribution in [2.45, 2.75) is 32.2 Å². The first-order chi connectivity index (χ1) is 10.7. The van der Waals surface area contributed by atoms with Crippen LogP contribution < -0.4 is 5.56 Å². The lowest BCUT2D eigenvalue weighted by molar-refractivity contribution is 0.0764. The van der Waals surface area contributed by atoms with E-state index >= 15 is 0 Å². The zero-order valence-corrected chi connectivity index (χ0v) is 14.0. The largest absolute Gasteiger partial charge is 0.339 e. The van der Waals surface area contributed by atoms with Gasteiger partial charge in [0.25, 0.3) is 0 Å². The van der Waals surface area contributed by atoms with Gasteiger partial charge in [-0.25, -0.2) is 0 Å². The number of hydrogen-bond acceptors (Lipinski definition) is 1. The van der Waals surface area contributed by atoms with Gasteiger partial charge in [-0.1, -0.05) is 18.5 Å². The highest BCUT2D eigenvalue weighted by molar-refractivity contribution is 6.37. The SMILES string of the molecule is CCc1c(C)c2c3c(Cl)cc(=O)[nH]c3ccc2n1CC(F)(F)Cl. The summed E-state index contributed by atoms with van der Waals surface area (Å²) in [5.41, 5.74) is 2.54. The highest BCUT2D eigenvalue weighted by atomic mass is 35.5. The molecule has 3 rings (SSSR count). The molecule has 7 heteroatoms. The summed E-state index contributed by atoms with van der Waals surface area (Å²) in [4.78, 5) is 14.3. The highest BCUT2D eigenvalue weighted by Crippen LogP contribution is 2.36. The second-order valence-corrected chi connectivity index (χ2v) is 6.45. The summed E-state index contributed by atoms with van der Waals surface area (Å²) in [6, 6.07) is 4.67. The van der Waals surface area contributed by atoms with Gasteiger partial charge in [0.1, 0.15) is 6.54 Å². The number of halogens is 4. The standard InChI is InChI=1S/C16H14Cl2F2N2O/c1-3-11-8(2)14-12(22(11)7-16(18,19)20)5-4-10-15(14)9(17)6-13(23)21-10/h4-6H,3,7H2,1-2H3,(H,21,23). The van der Waals surface area contributed by atoms with Gasteiger partial charge in [0.05, 0.1) is 10.5 Å². The molecule has 0 spiro atoms. The Kier molecular flexibility index (Phi) is 3.89. The molecule has 0 atom stereocenters. The van der Waals surface area contributed by atoms with Crippen LogP contribution in [-0.4, -0.2) is 14.9 Å². The number of rotatable bonds is 3. The number of nitrogens with one attached hydrogen (secondary N) is 1. The van der Waals surface area contributed by atoms with Crippen LogP contribution in [0, 0.1) is 6.92 Å². The normalized spacial score (nSPS) is 12.4. The van der Waals surface area contributed by atoms with Crippen molar-refractivity contribution in [3.8, 4) is 0 Å². The number of aryl methyl sites for hydroxylation is 1. The maximum Gasteiger partial charge on any atom is 0.339 e. The van der Waals surface area contributed by atoms with Crippen LogP contribution in [0.3, 0.4) is 0 Å². The van der Waals surface area contributed by atoms with Crippen LogP contribution in [0.15, 0.2) is 23.0 Å². The summed E-state index contributed by atoms with van der Waals surface area (Å²) < 4.78 is 28.3. The first kappa shape index (κ1) is 16.3. The summed E-state index contributed by atoms with van der Waals surface area (Å²) >= 11 is 11.4. The van der Waals surface area contributed by atoms with E-state index in [0.717, 1.165) is 16.6 Å². The van der Waals surface area contributed by atoms with Gasteiger partial charge >= 0.3 is 5.38 Å². The topological polar surface area (TPSA) is 37.8 Å². The van der Waals surface area contributed by atoms with Crippen LogP contribution >= 0.6 is 23.2 Å². The third kappa shape index (κ3) is 2.72. The Bertz CT molecular complexity index is 970. The molecule has 0 aliphatic rings. The second kappa shape index (κ2) is 5.49. The summed E-state index contributed by atoms with van der Waals surface area (Å²) in [5, 5.41) is -1.62. The van der Waals surface area contributed by atoms with Gasteiger partial charge in [0, 0.05) is 28.0 Å². The van der Waals surface area contributed by atoms with Gasteiger partial charge in [0.2, 0.25) is 5.56 Å². The van der Waals surface area contributed by atoms with Gasteiger partial charge in [-0.2, -0.15) is 8.78 Å². The van der Waals surface area contributed by atoms with E-state index < -0.39 is 11.9 Å². The number of hydrogen-bond donors (Lipinski definition) is 1. The fraction of sp³-hybridized carbons (Fsp3) is 0.312. The molecule has 1 N–H and O–H groups in total. The lowest BCUT2D eigenvalue weighted by Crippen LogP contribution is -2.18. The first-order valence-corrected chi connectivity index (χ1v) is 7.88. The summed E-state index contributed by atoms with van der Waals surface area (Å²) in [6.45, 7) is 3.15. The molecule has 2 aromatic heterocycles. The maximum absolute atomic E-state index is 13.4. The summed E-state index contributed by atoms with van der Waals surface area (Å²) in [7, 11) is 0. The molecule has 1 aromatic carbocycles. The van der Waals surface area contributed by atoms with Gasteiger partial charge in [-0.15, -0.1) is 0 Å². The number of benzene rings is 1. The third-order valence-electron chi connectivity index (χ3n) is 4.03. The molecular formula is C16H14Cl2F2N2O. The Hall–Kier alpha value is -1.59. The van der Waals surface area contributed by atoms with Crippen molar-refractivity contribution in [1.82, 2.24) is 9.55 Å². The van der Waals surface area contributed by atoms with Gasteiger partial charge in [-0.3, -0.25) is 4.79 Å². The Labute approximate surface area is 140 Å². The third-order valence-corrected chi connectivity index (χ3v) is 4.45. The average molecular weight is 359 g/mol. The lowest BCUT2D eigenvalue weighted by Gasteiger charge is -2.14. The van der Waals surface area contributed by atoms with Gasteiger partial charge in [0.15, 0.2) is 0 Å². The monoisotopic (exact) mass is 358 g/mol. The Morgan fingerprint density at radius 2 is 2.00 bits per heavy atom. The number of alkyl halides is 3. The van der Waals surface area contributed by atoms with Crippen molar-refractivity contribution in [1.29, 1.82) is 0 Å². The van der Waals surface area contributed by atoms with Crippen molar-refractivity contribution in [2.75, 3.05) is 0 Å². The number of nitrogens with zero attached hydrogens (tertiary/aromatic N) is 1. The van der Waals surface area contributed by atoms with Crippen molar-refractivity contribution in [2.24, 2.45) is 0 Å². The van der Waals surface area contributed by atoms with E-state index in [1.807, 2.05) is 13.8 Å². The first-order valence-electron chi connectivity index (χ1n) is 7.13. The van der Waals surface area contributed by atoms with Crippen LogP contribution in [-0.2, 0) is 13.0 Å². The maximum atomic E-state index is 13.4. The smallest absolute Gasteiger partial charge is 0.337 e. The van der Waals surface area contributed by atoms with E-state index in [9.17, 15) is 13.6 Å². The molecule has 0 bridgehead atoms. The number of pyridine rings is 1. The fourth-order valence-corrected chi connectivity index (χ4v) is 3.63. The molecule has 0 aliphatic carbocycles. The highest BCUT2D eigenvalue weighted by Gasteiger charge is 2.28. The predicted octanol–water partition coefficient (Wildman–Crippen LogP) is 4.84. The number of fused-ring (bicyclic) bond motifs is 3. The minimum Gasteiger partial charge on any atom is -0.337 e. The van der Waals surface area contributed by atoms with E-state index in [4.69, 9.17) is 23.2 Å². The number of aromatic amines is 1. The molecule has 122 valence electrons. The second-order valence-electron chi connectivity index (χ2n) is 5.49. The predicted molar refractivity (Wildman–Crippen MR) is 90.0 cm³/mol. The molecule has 0 saturated carbocycles. The van der Waals surface area contributed by atoms with Crippen molar-refractivity contribution >= 4 is 45.0 Å². The molecule has 23 heavy (non-hydrogen) atoms. The molecule has 0 saturated heterocycles. The summed E-state index contributed by atoms with van der Waals surface area (Å²) in [6.07, 6.45) is 0.579. The van der Waals surface area contributed by atoms with Crippen LogP contribution in [0.4, 0.5) is 8.78 Å². The minimum absolute atomic E-state index is 0.301. The Morgan fingerprint density at radius 3 is 2.61 bits per heavy atom. The Morgan fingerprint density at radius 1 is 1.30 bits per heavy atom. The molecule has 0 amide bonds. The van der Waals surface area contributed by atoms with E-state index in [2.05, 4.69) is 4.98 Å². The molecule has 3 nitrogen and oxygen atoms in total. The zero-order chi connectivity index (χ0) is 16.9. The van der Waals surface area contributed by atoms with E-state index in [1.165, 1.54) is 10.6 Å². The van der Waals surface area contributed by atoms with Crippen LogP contribution in [0.5, 0.6) is 0 Å². The van der Waals surface area contributed by atoms with E-state index in [-0.39, 0.29) is 5.56 Å². The van der Waals surface area contributed by atoms with E-state index in [1.54, 1.807) is 12.1 Å². The molecule has 2 heterocycles. The molecule has 3 aromatic rings. The minimum atomic E-state index is -3.34. The lowest BCUT2D eigenvalue weighted by atomic mass is 10.1. The zero-order valence-electron chi connectivity index (χ0n) is 12.5. The number of aromatic nitrogens is 2. The van der Waals surface area contributed by atoms with Crippen LogP contribution in [0.1, 0.15) is 18.2 Å². The average Bonchev–Trinajstić information content (AvgIpc) is 2.68. The van der Waals surface area contributed by atoms with Gasteiger partial charge < -0.3 is 9.55 Å². The Balaban J connectivity index is 2.47. The van der Waals surface area contributed by atoms with Crippen LogP contribution in [0.25, 0.3) is 21.8 Å². The molecule has 0 fully saturated rings. The van der Waals surface area contributed by atoms with E-state index in [0.29, 0.717) is 27.9 Å². The number of H-pyrrole nitrogens is 1. The van der Waals surface area contributed by atoms with Crippen molar-refractivity contribution < 1.29 is 8.78 Å². The fourth-order valence-electron chi connectivity index (χ4n) is 3.21. The van der Waals surface area contributed by atoms with Crippen molar-refractivity contribution in [3.63, 3.8) is 0 Å². The molecule has 0 unspecified atom stereocenters. The quantitative estimate of drug-likeness (QED) is 0.668. The summed E-state index contributed by atoms with van der Waals surface area (Å²) in [5.74, 6) is 0. The molecule has 0 radical (unpaired) electrons. The molecular weight excluding hydrogens is 345 g/mol. The van der Waals surface area contributed by atoms with Crippen LogP contribution in [0.2, 0.25) is 5.02 Å². The van der Waals surface area contributed by atoms with Crippen molar-refractivity contribution in [3.05, 3.63) is 44.8 Å². The molecule has 0 aliphatic heterocycles. The van der Waals surface area contributed by atoms with Gasteiger partial charge in [-0.05, 0) is 42.6 Å².